The maximum Gasteiger partial charge on any atom is 0.243 e. The molecule has 124 valence electrons. The number of nitrogens with one attached hydrogen (secondary N) is 1. The van der Waals surface area contributed by atoms with Gasteiger partial charge in [0.15, 0.2) is 0 Å². The number of benzene rings is 2. The minimum Gasteiger partial charge on any atom is -0.493 e. The number of carbonyl (C=O) groups excluding carboxylic acids is 1. The van der Waals surface area contributed by atoms with E-state index in [1.165, 1.54) is 6.08 Å². The minimum absolute atomic E-state index is 0.0652. The monoisotopic (exact) mass is 343 g/mol. The molecule has 0 radical (unpaired) electrons. The van der Waals surface area contributed by atoms with Gasteiger partial charge in [0.05, 0.1) is 12.6 Å². The molecule has 1 aliphatic heterocycles. The highest BCUT2D eigenvalue weighted by atomic mass is 35.5. The van der Waals surface area contributed by atoms with Crippen molar-refractivity contribution < 1.29 is 14.3 Å². The van der Waals surface area contributed by atoms with E-state index >= 15 is 0 Å². The van der Waals surface area contributed by atoms with E-state index in [1.54, 1.807) is 0 Å². The van der Waals surface area contributed by atoms with Gasteiger partial charge in [-0.1, -0.05) is 30.3 Å². The molecule has 0 aliphatic carbocycles. The average molecular weight is 344 g/mol. The SMILES string of the molecule is C=CC(=O)NC1CCOc2cc(OCc3ccc(Cl)cc3)ccc21. The Bertz CT molecular complexity index is 743. The predicted molar refractivity (Wildman–Crippen MR) is 93.4 cm³/mol. The number of fused-ring (bicyclic) bond motifs is 1. The lowest BCUT2D eigenvalue weighted by atomic mass is 10.0. The molecular formula is C19H18ClNO3. The molecule has 3 rings (SSSR count). The van der Waals surface area contributed by atoms with Crippen LogP contribution in [0.15, 0.2) is 55.1 Å². The number of amides is 1. The van der Waals surface area contributed by atoms with Crippen molar-refractivity contribution in [2.45, 2.75) is 19.1 Å². The molecule has 0 bridgehead atoms. The maximum absolute atomic E-state index is 11.5. The highest BCUT2D eigenvalue weighted by Crippen LogP contribution is 2.35. The van der Waals surface area contributed by atoms with Crippen LogP contribution < -0.4 is 14.8 Å². The van der Waals surface area contributed by atoms with Gasteiger partial charge in [-0.05, 0) is 35.9 Å². The van der Waals surface area contributed by atoms with Gasteiger partial charge in [0, 0.05) is 23.1 Å². The van der Waals surface area contributed by atoms with E-state index in [-0.39, 0.29) is 11.9 Å². The fourth-order valence-corrected chi connectivity index (χ4v) is 2.71. The summed E-state index contributed by atoms with van der Waals surface area (Å²) in [6, 6.07) is 13.1. The summed E-state index contributed by atoms with van der Waals surface area (Å²) < 4.78 is 11.5. The van der Waals surface area contributed by atoms with Crippen molar-refractivity contribution in [3.05, 3.63) is 71.3 Å². The zero-order valence-electron chi connectivity index (χ0n) is 13.1. The first kappa shape index (κ1) is 16.4. The molecule has 4 nitrogen and oxygen atoms in total. The van der Waals surface area contributed by atoms with Crippen LogP contribution in [-0.4, -0.2) is 12.5 Å². The molecule has 0 fully saturated rings. The molecule has 0 spiro atoms. The van der Waals surface area contributed by atoms with Gasteiger partial charge >= 0.3 is 0 Å². The topological polar surface area (TPSA) is 47.6 Å². The first-order valence-corrected chi connectivity index (χ1v) is 8.10. The Morgan fingerprint density at radius 1 is 1.33 bits per heavy atom. The molecule has 1 heterocycles. The normalized spacial score (nSPS) is 15.8. The second-order valence-electron chi connectivity index (χ2n) is 5.52. The molecular weight excluding hydrogens is 326 g/mol. The number of carbonyl (C=O) groups is 1. The van der Waals surface area contributed by atoms with Gasteiger partial charge in [-0.25, -0.2) is 0 Å². The Kier molecular flexibility index (Phi) is 5.06. The highest BCUT2D eigenvalue weighted by molar-refractivity contribution is 6.30. The van der Waals surface area contributed by atoms with E-state index in [9.17, 15) is 4.79 Å². The summed E-state index contributed by atoms with van der Waals surface area (Å²) in [6.45, 7) is 4.49. The summed E-state index contributed by atoms with van der Waals surface area (Å²) in [4.78, 5) is 11.5. The van der Waals surface area contributed by atoms with Crippen LogP contribution in [0.2, 0.25) is 5.02 Å². The summed E-state index contributed by atoms with van der Waals surface area (Å²) >= 11 is 5.87. The molecule has 1 N–H and O–H groups in total. The van der Waals surface area contributed by atoms with Crippen molar-refractivity contribution in [2.24, 2.45) is 0 Å². The molecule has 0 saturated carbocycles. The van der Waals surface area contributed by atoms with E-state index in [0.29, 0.717) is 18.2 Å². The number of hydrogen-bond donors (Lipinski definition) is 1. The van der Waals surface area contributed by atoms with Crippen LogP contribution in [0.4, 0.5) is 0 Å². The number of rotatable bonds is 5. The van der Waals surface area contributed by atoms with Gasteiger partial charge in [-0.2, -0.15) is 0 Å². The predicted octanol–water partition coefficient (Wildman–Crippen LogP) is 4.04. The van der Waals surface area contributed by atoms with Crippen LogP contribution in [0.5, 0.6) is 11.5 Å². The molecule has 24 heavy (non-hydrogen) atoms. The van der Waals surface area contributed by atoms with Crippen molar-refractivity contribution in [1.82, 2.24) is 5.32 Å². The van der Waals surface area contributed by atoms with Crippen LogP contribution in [-0.2, 0) is 11.4 Å². The van der Waals surface area contributed by atoms with Crippen LogP contribution >= 0.6 is 11.6 Å². The smallest absolute Gasteiger partial charge is 0.243 e. The lowest BCUT2D eigenvalue weighted by Crippen LogP contribution is -2.30. The van der Waals surface area contributed by atoms with Gasteiger partial charge in [0.2, 0.25) is 5.91 Å². The van der Waals surface area contributed by atoms with Gasteiger partial charge in [0.25, 0.3) is 0 Å². The molecule has 5 heteroatoms. The first-order chi connectivity index (χ1) is 11.7. The molecule has 0 aromatic heterocycles. The van der Waals surface area contributed by atoms with Crippen molar-refractivity contribution >= 4 is 17.5 Å². The van der Waals surface area contributed by atoms with E-state index in [2.05, 4.69) is 11.9 Å². The third-order valence-corrected chi connectivity index (χ3v) is 4.10. The minimum atomic E-state index is -0.184. The van der Waals surface area contributed by atoms with Crippen molar-refractivity contribution in [2.75, 3.05) is 6.61 Å². The third kappa shape index (κ3) is 3.89. The van der Waals surface area contributed by atoms with Gasteiger partial charge in [-0.3, -0.25) is 4.79 Å². The Labute approximate surface area is 146 Å². The molecule has 2 aromatic carbocycles. The number of ether oxygens (including phenoxy) is 2. The molecule has 1 amide bonds. The van der Waals surface area contributed by atoms with Crippen molar-refractivity contribution in [1.29, 1.82) is 0 Å². The Morgan fingerprint density at radius 2 is 2.12 bits per heavy atom. The van der Waals surface area contributed by atoms with Crippen LogP contribution in [0, 0.1) is 0 Å². The lowest BCUT2D eigenvalue weighted by molar-refractivity contribution is -0.117. The second-order valence-corrected chi connectivity index (χ2v) is 5.95. The number of hydrogen-bond acceptors (Lipinski definition) is 3. The summed E-state index contributed by atoms with van der Waals surface area (Å²) in [5.74, 6) is 1.28. The second kappa shape index (κ2) is 7.41. The summed E-state index contributed by atoms with van der Waals surface area (Å²) in [5, 5.41) is 3.62. The van der Waals surface area contributed by atoms with E-state index < -0.39 is 0 Å². The Balaban J connectivity index is 1.70. The average Bonchev–Trinajstić information content (AvgIpc) is 2.61. The van der Waals surface area contributed by atoms with Gasteiger partial charge in [0.1, 0.15) is 18.1 Å². The molecule has 1 unspecified atom stereocenters. The molecule has 2 aromatic rings. The van der Waals surface area contributed by atoms with Crippen LogP contribution in [0.25, 0.3) is 0 Å². The van der Waals surface area contributed by atoms with E-state index in [0.717, 1.165) is 29.0 Å². The van der Waals surface area contributed by atoms with Crippen molar-refractivity contribution in [3.63, 3.8) is 0 Å². The standard InChI is InChI=1S/C19H18ClNO3/c1-2-19(22)21-17-9-10-23-18-11-15(7-8-16(17)18)24-12-13-3-5-14(20)6-4-13/h2-8,11,17H,1,9-10,12H2,(H,21,22). The quantitative estimate of drug-likeness (QED) is 0.833. The zero-order valence-corrected chi connectivity index (χ0v) is 13.9. The highest BCUT2D eigenvalue weighted by Gasteiger charge is 2.22. The molecule has 1 aliphatic rings. The summed E-state index contributed by atoms with van der Waals surface area (Å²) in [5.41, 5.74) is 1.99. The first-order valence-electron chi connectivity index (χ1n) is 7.72. The number of halogens is 1. The van der Waals surface area contributed by atoms with Gasteiger partial charge in [-0.15, -0.1) is 0 Å². The van der Waals surface area contributed by atoms with Crippen molar-refractivity contribution in [3.8, 4) is 11.5 Å². The summed E-state index contributed by atoms with van der Waals surface area (Å²) in [6.07, 6.45) is 2.01. The molecule has 0 saturated heterocycles. The largest absolute Gasteiger partial charge is 0.493 e. The third-order valence-electron chi connectivity index (χ3n) is 3.85. The van der Waals surface area contributed by atoms with E-state index in [1.807, 2.05) is 42.5 Å². The summed E-state index contributed by atoms with van der Waals surface area (Å²) in [7, 11) is 0. The molecule has 1 atom stereocenters. The Hall–Kier alpha value is -2.46. The zero-order chi connectivity index (χ0) is 16.9. The fraction of sp³-hybridized carbons (Fsp3) is 0.211. The van der Waals surface area contributed by atoms with Crippen LogP contribution in [0.3, 0.4) is 0 Å². The lowest BCUT2D eigenvalue weighted by Gasteiger charge is -2.26. The van der Waals surface area contributed by atoms with Crippen LogP contribution in [0.1, 0.15) is 23.6 Å². The Morgan fingerprint density at radius 3 is 2.88 bits per heavy atom. The maximum atomic E-state index is 11.5. The van der Waals surface area contributed by atoms with Gasteiger partial charge < -0.3 is 14.8 Å². The fourth-order valence-electron chi connectivity index (χ4n) is 2.59. The van der Waals surface area contributed by atoms with E-state index in [4.69, 9.17) is 21.1 Å².